The lowest BCUT2D eigenvalue weighted by molar-refractivity contribution is 0.00217. The molecule has 3 aliphatic heterocycles. The number of aromatic nitrogens is 1. The SMILES string of the molecule is Cc1ncsc1CN1C[C@@H]2[C@H](CNC(=O)c3ccccc3)[C@H]3CC[C@]2(C1)O3. The predicted molar refractivity (Wildman–Crippen MR) is 105 cm³/mol. The number of benzene rings is 1. The Hall–Kier alpha value is -1.76. The average Bonchev–Trinajstić information content (AvgIpc) is 3.42. The third-order valence-corrected chi connectivity index (χ3v) is 7.52. The van der Waals surface area contributed by atoms with Gasteiger partial charge in [-0.3, -0.25) is 9.69 Å². The summed E-state index contributed by atoms with van der Waals surface area (Å²) in [5.74, 6) is 0.946. The largest absolute Gasteiger partial charge is 0.370 e. The van der Waals surface area contributed by atoms with E-state index >= 15 is 0 Å². The standard InChI is InChI=1S/C21H25N3O2S/c1-14-19(27-13-23-14)11-24-10-17-16(18-7-8-21(17,12-24)26-18)9-22-20(25)15-5-3-2-4-6-15/h2-6,13,16-18H,7-12H2,1H3,(H,22,25)/t16-,17+,18+,21+/m0/s1. The molecule has 0 radical (unpaired) electrons. The number of nitrogens with one attached hydrogen (secondary N) is 1. The molecule has 1 spiro atoms. The van der Waals surface area contributed by atoms with E-state index in [4.69, 9.17) is 4.74 Å². The Morgan fingerprint density at radius 1 is 1.41 bits per heavy atom. The van der Waals surface area contributed by atoms with Crippen LogP contribution in [0.25, 0.3) is 0 Å². The minimum absolute atomic E-state index is 0.00536. The third kappa shape index (κ3) is 3.00. The molecule has 0 saturated carbocycles. The Morgan fingerprint density at radius 2 is 2.26 bits per heavy atom. The minimum atomic E-state index is 0.00536. The maximum absolute atomic E-state index is 12.4. The quantitative estimate of drug-likeness (QED) is 0.863. The molecule has 6 heteroatoms. The number of rotatable bonds is 5. The number of hydrogen-bond donors (Lipinski definition) is 1. The smallest absolute Gasteiger partial charge is 0.251 e. The van der Waals surface area contributed by atoms with Crippen molar-refractivity contribution < 1.29 is 9.53 Å². The number of thiazole rings is 1. The van der Waals surface area contributed by atoms with Crippen molar-refractivity contribution in [2.75, 3.05) is 19.6 Å². The lowest BCUT2D eigenvalue weighted by Gasteiger charge is -2.29. The second kappa shape index (κ2) is 6.69. The number of carbonyl (C=O) groups is 1. The summed E-state index contributed by atoms with van der Waals surface area (Å²) in [4.78, 5) is 20.7. The van der Waals surface area contributed by atoms with Crippen LogP contribution in [0.5, 0.6) is 0 Å². The first kappa shape index (κ1) is 17.3. The fourth-order valence-corrected chi connectivity index (χ4v) is 6.08. The topological polar surface area (TPSA) is 54.5 Å². The lowest BCUT2D eigenvalue weighted by atomic mass is 9.73. The molecule has 3 saturated heterocycles. The van der Waals surface area contributed by atoms with Crippen molar-refractivity contribution in [1.82, 2.24) is 15.2 Å². The molecular formula is C21H25N3O2S. The first-order valence-corrected chi connectivity index (χ1v) is 10.6. The molecule has 1 aromatic carbocycles. The van der Waals surface area contributed by atoms with Crippen LogP contribution >= 0.6 is 11.3 Å². The molecule has 3 fully saturated rings. The number of fused-ring (bicyclic) bond motifs is 1. The number of nitrogens with zero attached hydrogens (tertiary/aromatic N) is 2. The first-order chi connectivity index (χ1) is 13.1. The highest BCUT2D eigenvalue weighted by Crippen LogP contribution is 2.54. The van der Waals surface area contributed by atoms with E-state index in [9.17, 15) is 4.79 Å². The number of ether oxygens (including phenoxy) is 1. The van der Waals surface area contributed by atoms with Gasteiger partial charge >= 0.3 is 0 Å². The van der Waals surface area contributed by atoms with E-state index in [-0.39, 0.29) is 11.5 Å². The second-order valence-corrected chi connectivity index (χ2v) is 9.08. The summed E-state index contributed by atoms with van der Waals surface area (Å²) >= 11 is 1.74. The molecule has 0 unspecified atom stereocenters. The summed E-state index contributed by atoms with van der Waals surface area (Å²) in [6.07, 6.45) is 2.58. The van der Waals surface area contributed by atoms with Crippen LogP contribution < -0.4 is 5.32 Å². The number of aryl methyl sites for hydroxylation is 1. The van der Waals surface area contributed by atoms with E-state index in [0.29, 0.717) is 24.5 Å². The summed E-state index contributed by atoms with van der Waals surface area (Å²) in [7, 11) is 0. The molecule has 5 nitrogen and oxygen atoms in total. The molecule has 1 N–H and O–H groups in total. The summed E-state index contributed by atoms with van der Waals surface area (Å²) < 4.78 is 6.51. The van der Waals surface area contributed by atoms with Gasteiger partial charge in [0.15, 0.2) is 0 Å². The van der Waals surface area contributed by atoms with E-state index in [1.165, 1.54) is 4.88 Å². The van der Waals surface area contributed by atoms with Crippen molar-refractivity contribution in [1.29, 1.82) is 0 Å². The number of hydrogen-bond acceptors (Lipinski definition) is 5. The zero-order chi connectivity index (χ0) is 18.4. The van der Waals surface area contributed by atoms with Gasteiger partial charge in [-0.15, -0.1) is 11.3 Å². The minimum Gasteiger partial charge on any atom is -0.370 e. The predicted octanol–water partition coefficient (Wildman–Crippen LogP) is 2.86. The molecule has 27 heavy (non-hydrogen) atoms. The van der Waals surface area contributed by atoms with Crippen LogP contribution in [0.3, 0.4) is 0 Å². The fraction of sp³-hybridized carbons (Fsp3) is 0.524. The van der Waals surface area contributed by atoms with Crippen LogP contribution in [0.1, 0.15) is 33.8 Å². The molecule has 4 heterocycles. The molecule has 1 amide bonds. The maximum atomic E-state index is 12.4. The number of carbonyl (C=O) groups excluding carboxylic acids is 1. The maximum Gasteiger partial charge on any atom is 0.251 e. The van der Waals surface area contributed by atoms with Gasteiger partial charge in [-0.2, -0.15) is 0 Å². The molecular weight excluding hydrogens is 358 g/mol. The van der Waals surface area contributed by atoms with Crippen LogP contribution in [0, 0.1) is 18.8 Å². The van der Waals surface area contributed by atoms with Crippen LogP contribution in [0.15, 0.2) is 35.8 Å². The summed E-state index contributed by atoms with van der Waals surface area (Å²) in [5.41, 5.74) is 3.81. The first-order valence-electron chi connectivity index (χ1n) is 9.77. The van der Waals surface area contributed by atoms with Gasteiger partial charge in [-0.1, -0.05) is 18.2 Å². The molecule has 2 aromatic rings. The van der Waals surface area contributed by atoms with E-state index in [2.05, 4.69) is 22.1 Å². The van der Waals surface area contributed by atoms with Crippen molar-refractivity contribution >= 4 is 17.2 Å². The van der Waals surface area contributed by atoms with Gasteiger partial charge in [0.1, 0.15) is 0 Å². The molecule has 0 aliphatic carbocycles. The van der Waals surface area contributed by atoms with Crippen LogP contribution in [-0.4, -0.2) is 47.1 Å². The molecule has 142 valence electrons. The number of amides is 1. The zero-order valence-corrected chi connectivity index (χ0v) is 16.4. The lowest BCUT2D eigenvalue weighted by Crippen LogP contribution is -2.41. The normalized spacial score (nSPS) is 32.0. The average molecular weight is 384 g/mol. The van der Waals surface area contributed by atoms with E-state index < -0.39 is 0 Å². The van der Waals surface area contributed by atoms with E-state index in [1.54, 1.807) is 11.3 Å². The van der Waals surface area contributed by atoms with Gasteiger partial charge in [0.2, 0.25) is 0 Å². The monoisotopic (exact) mass is 383 g/mol. The van der Waals surface area contributed by atoms with Crippen molar-refractivity contribution in [3.8, 4) is 0 Å². The van der Waals surface area contributed by atoms with Crippen LogP contribution in [-0.2, 0) is 11.3 Å². The fourth-order valence-electron chi connectivity index (χ4n) is 5.26. The molecule has 3 aliphatic rings. The van der Waals surface area contributed by atoms with E-state index in [1.807, 2.05) is 35.8 Å². The Balaban J connectivity index is 1.25. The number of likely N-dealkylation sites (tertiary alicyclic amines) is 1. The summed E-state index contributed by atoms with van der Waals surface area (Å²) in [5, 5.41) is 3.16. The van der Waals surface area contributed by atoms with Gasteiger partial charge < -0.3 is 10.1 Å². The van der Waals surface area contributed by atoms with Crippen molar-refractivity contribution in [3.63, 3.8) is 0 Å². The summed E-state index contributed by atoms with van der Waals surface area (Å²) in [6, 6.07) is 9.47. The van der Waals surface area contributed by atoms with Gasteiger partial charge in [-0.25, -0.2) is 4.98 Å². The molecule has 1 aromatic heterocycles. The van der Waals surface area contributed by atoms with Gasteiger partial charge in [0.05, 0.1) is 22.9 Å². The molecule has 2 bridgehead atoms. The highest BCUT2D eigenvalue weighted by atomic mass is 32.1. The second-order valence-electron chi connectivity index (χ2n) is 8.14. The van der Waals surface area contributed by atoms with Gasteiger partial charge in [-0.05, 0) is 31.9 Å². The highest BCUT2D eigenvalue weighted by molar-refractivity contribution is 7.09. The van der Waals surface area contributed by atoms with Crippen molar-refractivity contribution in [2.45, 2.75) is 38.0 Å². The molecule has 5 rings (SSSR count). The van der Waals surface area contributed by atoms with Crippen molar-refractivity contribution in [2.24, 2.45) is 11.8 Å². The Bertz CT molecular complexity index is 839. The van der Waals surface area contributed by atoms with Gasteiger partial charge in [0.25, 0.3) is 5.91 Å². The van der Waals surface area contributed by atoms with Crippen LogP contribution in [0.2, 0.25) is 0 Å². The Labute approximate surface area is 163 Å². The Morgan fingerprint density at radius 3 is 3.04 bits per heavy atom. The Kier molecular flexibility index (Phi) is 4.30. The highest BCUT2D eigenvalue weighted by Gasteiger charge is 2.62. The summed E-state index contributed by atoms with van der Waals surface area (Å²) in [6.45, 7) is 5.82. The zero-order valence-electron chi connectivity index (χ0n) is 15.6. The van der Waals surface area contributed by atoms with Crippen LogP contribution in [0.4, 0.5) is 0 Å². The van der Waals surface area contributed by atoms with E-state index in [0.717, 1.165) is 43.7 Å². The third-order valence-electron chi connectivity index (χ3n) is 6.60. The van der Waals surface area contributed by atoms with Gasteiger partial charge in [0, 0.05) is 48.5 Å². The van der Waals surface area contributed by atoms with Crippen molar-refractivity contribution in [3.05, 3.63) is 52.0 Å². The molecule has 4 atom stereocenters.